The quantitative estimate of drug-likeness (QED) is 0.795. The standard InChI is InChI=1S/C10H18N4O/c1-2-10(5-3-4-6-10)7-12-9-14-13-8(11)15-9/h2-7H2,1H3,(H2,11,13)(H,12,14). The third kappa shape index (κ3) is 2.22. The molecule has 0 amide bonds. The van der Waals surface area contributed by atoms with Crippen molar-refractivity contribution in [1.29, 1.82) is 0 Å². The van der Waals surface area contributed by atoms with Crippen molar-refractivity contribution in [2.24, 2.45) is 5.41 Å². The first kappa shape index (κ1) is 10.3. The Morgan fingerprint density at radius 1 is 1.40 bits per heavy atom. The second-order valence-corrected chi connectivity index (χ2v) is 4.36. The van der Waals surface area contributed by atoms with Crippen LogP contribution in [-0.2, 0) is 0 Å². The predicted molar refractivity (Wildman–Crippen MR) is 58.4 cm³/mol. The average molecular weight is 210 g/mol. The molecule has 0 radical (unpaired) electrons. The molecule has 0 aromatic carbocycles. The first-order chi connectivity index (χ1) is 7.24. The number of nitrogen functional groups attached to an aromatic ring is 1. The molecule has 1 aromatic rings. The number of nitrogens with one attached hydrogen (secondary N) is 1. The van der Waals surface area contributed by atoms with E-state index in [1.54, 1.807) is 0 Å². The van der Waals surface area contributed by atoms with E-state index in [9.17, 15) is 0 Å². The van der Waals surface area contributed by atoms with Crippen LogP contribution in [0.4, 0.5) is 12.0 Å². The van der Waals surface area contributed by atoms with Gasteiger partial charge in [0, 0.05) is 6.54 Å². The SMILES string of the molecule is CCC1(CNc2nnc(N)o2)CCCC1. The summed E-state index contributed by atoms with van der Waals surface area (Å²) < 4.78 is 5.08. The van der Waals surface area contributed by atoms with Gasteiger partial charge >= 0.3 is 12.0 Å². The lowest BCUT2D eigenvalue weighted by atomic mass is 9.83. The molecule has 1 aliphatic carbocycles. The van der Waals surface area contributed by atoms with Crippen molar-refractivity contribution in [3.63, 3.8) is 0 Å². The van der Waals surface area contributed by atoms with E-state index in [0.717, 1.165) is 6.54 Å². The van der Waals surface area contributed by atoms with Crippen LogP contribution >= 0.6 is 0 Å². The van der Waals surface area contributed by atoms with E-state index < -0.39 is 0 Å². The van der Waals surface area contributed by atoms with Gasteiger partial charge in [-0.1, -0.05) is 30.0 Å². The first-order valence-corrected chi connectivity index (χ1v) is 5.57. The summed E-state index contributed by atoms with van der Waals surface area (Å²) in [5, 5.41) is 10.6. The van der Waals surface area contributed by atoms with Crippen LogP contribution in [0, 0.1) is 5.41 Å². The molecular formula is C10H18N4O. The zero-order chi connectivity index (χ0) is 10.7. The maximum Gasteiger partial charge on any atom is 0.316 e. The molecule has 5 heteroatoms. The summed E-state index contributed by atoms with van der Waals surface area (Å²) >= 11 is 0. The van der Waals surface area contributed by atoms with Gasteiger partial charge in [0.25, 0.3) is 0 Å². The fourth-order valence-corrected chi connectivity index (χ4v) is 2.35. The highest BCUT2D eigenvalue weighted by Gasteiger charge is 2.32. The van der Waals surface area contributed by atoms with Crippen LogP contribution in [0.15, 0.2) is 4.42 Å². The van der Waals surface area contributed by atoms with Crippen molar-refractivity contribution in [1.82, 2.24) is 10.2 Å². The Kier molecular flexibility index (Phi) is 2.79. The Labute approximate surface area is 89.4 Å². The van der Waals surface area contributed by atoms with Crippen LogP contribution in [0.25, 0.3) is 0 Å². The largest absolute Gasteiger partial charge is 0.390 e. The molecule has 0 unspecified atom stereocenters. The number of nitrogens with zero attached hydrogens (tertiary/aromatic N) is 2. The molecule has 2 rings (SSSR count). The molecule has 5 nitrogen and oxygen atoms in total. The summed E-state index contributed by atoms with van der Waals surface area (Å²) in [6, 6.07) is 0.557. The molecule has 0 aliphatic heterocycles. The molecule has 1 saturated carbocycles. The van der Waals surface area contributed by atoms with Gasteiger partial charge in [-0.3, -0.25) is 0 Å². The van der Waals surface area contributed by atoms with E-state index in [-0.39, 0.29) is 6.01 Å². The van der Waals surface area contributed by atoms with E-state index >= 15 is 0 Å². The van der Waals surface area contributed by atoms with Gasteiger partial charge in [-0.15, -0.1) is 0 Å². The summed E-state index contributed by atoms with van der Waals surface area (Å²) in [5.41, 5.74) is 5.77. The van der Waals surface area contributed by atoms with Crippen molar-refractivity contribution in [3.8, 4) is 0 Å². The number of anilines is 2. The van der Waals surface area contributed by atoms with Crippen LogP contribution in [0.3, 0.4) is 0 Å². The van der Waals surface area contributed by atoms with Crippen molar-refractivity contribution in [2.75, 3.05) is 17.6 Å². The highest BCUT2D eigenvalue weighted by molar-refractivity contribution is 5.23. The van der Waals surface area contributed by atoms with Gasteiger partial charge in [0.15, 0.2) is 0 Å². The smallest absolute Gasteiger partial charge is 0.316 e. The fourth-order valence-electron chi connectivity index (χ4n) is 2.35. The van der Waals surface area contributed by atoms with Crippen molar-refractivity contribution in [2.45, 2.75) is 39.0 Å². The molecule has 0 saturated heterocycles. The van der Waals surface area contributed by atoms with Crippen LogP contribution in [0.5, 0.6) is 0 Å². The van der Waals surface area contributed by atoms with Gasteiger partial charge in [0.2, 0.25) is 0 Å². The number of hydrogen-bond donors (Lipinski definition) is 2. The minimum atomic E-state index is 0.120. The molecule has 0 atom stereocenters. The summed E-state index contributed by atoms with van der Waals surface area (Å²) in [7, 11) is 0. The predicted octanol–water partition coefficient (Wildman–Crippen LogP) is 2.03. The zero-order valence-electron chi connectivity index (χ0n) is 9.12. The molecule has 15 heavy (non-hydrogen) atoms. The summed E-state index contributed by atoms with van der Waals surface area (Å²) in [5.74, 6) is 0. The minimum Gasteiger partial charge on any atom is -0.390 e. The summed E-state index contributed by atoms with van der Waals surface area (Å²) in [6.45, 7) is 3.15. The fraction of sp³-hybridized carbons (Fsp3) is 0.800. The van der Waals surface area contributed by atoms with Crippen LogP contribution in [-0.4, -0.2) is 16.7 Å². The van der Waals surface area contributed by atoms with Crippen molar-refractivity contribution < 1.29 is 4.42 Å². The number of rotatable bonds is 4. The lowest BCUT2D eigenvalue weighted by molar-refractivity contribution is 0.304. The van der Waals surface area contributed by atoms with Gasteiger partial charge in [0.1, 0.15) is 0 Å². The third-order valence-corrected chi connectivity index (χ3v) is 3.47. The molecule has 1 fully saturated rings. The highest BCUT2D eigenvalue weighted by atomic mass is 16.4. The summed E-state index contributed by atoms with van der Waals surface area (Å²) in [4.78, 5) is 0. The van der Waals surface area contributed by atoms with Crippen molar-refractivity contribution in [3.05, 3.63) is 0 Å². The third-order valence-electron chi connectivity index (χ3n) is 3.47. The lowest BCUT2D eigenvalue weighted by Gasteiger charge is -2.26. The Morgan fingerprint density at radius 3 is 2.67 bits per heavy atom. The maximum absolute atomic E-state index is 5.35. The lowest BCUT2D eigenvalue weighted by Crippen LogP contribution is -2.25. The number of nitrogens with two attached hydrogens (primary N) is 1. The van der Waals surface area contributed by atoms with Gasteiger partial charge in [-0.05, 0) is 24.7 Å². The zero-order valence-corrected chi connectivity index (χ0v) is 9.12. The summed E-state index contributed by atoms with van der Waals surface area (Å²) in [6.07, 6.45) is 6.45. The topological polar surface area (TPSA) is 77.0 Å². The van der Waals surface area contributed by atoms with Crippen LogP contribution < -0.4 is 11.1 Å². The number of hydrogen-bond acceptors (Lipinski definition) is 5. The highest BCUT2D eigenvalue weighted by Crippen LogP contribution is 2.40. The van der Waals surface area contributed by atoms with Gasteiger partial charge in [-0.25, -0.2) is 0 Å². The van der Waals surface area contributed by atoms with Crippen LogP contribution in [0.2, 0.25) is 0 Å². The molecule has 84 valence electrons. The molecule has 1 heterocycles. The molecule has 1 aromatic heterocycles. The molecular weight excluding hydrogens is 192 g/mol. The average Bonchev–Trinajstić information content (AvgIpc) is 2.85. The van der Waals surface area contributed by atoms with Gasteiger partial charge in [0.05, 0.1) is 0 Å². The van der Waals surface area contributed by atoms with E-state index in [4.69, 9.17) is 10.2 Å². The molecule has 0 spiro atoms. The van der Waals surface area contributed by atoms with E-state index in [1.165, 1.54) is 32.1 Å². The number of aromatic nitrogens is 2. The second kappa shape index (κ2) is 4.08. The van der Waals surface area contributed by atoms with E-state index in [0.29, 0.717) is 11.4 Å². The normalized spacial score (nSPS) is 19.3. The Bertz CT molecular complexity index is 317. The second-order valence-electron chi connectivity index (χ2n) is 4.36. The van der Waals surface area contributed by atoms with Crippen LogP contribution in [0.1, 0.15) is 39.0 Å². The molecule has 3 N–H and O–H groups in total. The van der Waals surface area contributed by atoms with E-state index in [1.807, 2.05) is 0 Å². The Hall–Kier alpha value is -1.26. The molecule has 0 bridgehead atoms. The molecule has 1 aliphatic rings. The van der Waals surface area contributed by atoms with Crippen molar-refractivity contribution >= 4 is 12.0 Å². The monoisotopic (exact) mass is 210 g/mol. The van der Waals surface area contributed by atoms with Gasteiger partial charge in [-0.2, -0.15) is 0 Å². The first-order valence-electron chi connectivity index (χ1n) is 5.57. The maximum atomic E-state index is 5.35. The minimum absolute atomic E-state index is 0.120. The van der Waals surface area contributed by atoms with E-state index in [2.05, 4.69) is 22.4 Å². The van der Waals surface area contributed by atoms with Gasteiger partial charge < -0.3 is 15.5 Å². The Balaban J connectivity index is 1.91. The Morgan fingerprint density at radius 2 is 2.13 bits per heavy atom.